The molecule has 0 saturated heterocycles. The predicted molar refractivity (Wildman–Crippen MR) is 54.1 cm³/mol. The highest BCUT2D eigenvalue weighted by Gasteiger charge is 2.09. The highest BCUT2D eigenvalue weighted by atomic mass is 35.5. The first-order chi connectivity index (χ1) is 6.31. The number of alkyl halides is 1. The van der Waals surface area contributed by atoms with Crippen LogP contribution < -0.4 is 0 Å². The normalized spacial score (nSPS) is 10.6. The minimum Gasteiger partial charge on any atom is -0.355 e. The molecule has 0 aliphatic heterocycles. The van der Waals surface area contributed by atoms with Crippen molar-refractivity contribution in [1.29, 1.82) is 0 Å². The van der Waals surface area contributed by atoms with Gasteiger partial charge >= 0.3 is 0 Å². The van der Waals surface area contributed by atoms with E-state index in [1.165, 1.54) is 5.56 Å². The van der Waals surface area contributed by atoms with Gasteiger partial charge in [-0.15, -0.1) is 22.9 Å². The van der Waals surface area contributed by atoms with Gasteiger partial charge in [0, 0.05) is 6.07 Å². The van der Waals surface area contributed by atoms with Crippen molar-refractivity contribution in [1.82, 2.24) is 5.16 Å². The molecule has 0 aliphatic rings. The van der Waals surface area contributed by atoms with Gasteiger partial charge in [0.15, 0.2) is 5.76 Å². The number of aryl methyl sites for hydroxylation is 1. The van der Waals surface area contributed by atoms with Crippen molar-refractivity contribution in [2.75, 3.05) is 0 Å². The maximum absolute atomic E-state index is 5.62. The van der Waals surface area contributed by atoms with Gasteiger partial charge in [0.1, 0.15) is 0 Å². The molecule has 2 rings (SSSR count). The lowest BCUT2D eigenvalue weighted by Crippen LogP contribution is -1.71. The minimum atomic E-state index is 0.397. The van der Waals surface area contributed by atoms with E-state index < -0.39 is 0 Å². The summed E-state index contributed by atoms with van der Waals surface area (Å²) in [5, 5.41) is 5.87. The van der Waals surface area contributed by atoms with Crippen molar-refractivity contribution in [2.24, 2.45) is 0 Å². The SMILES string of the molecule is Cc1ccsc1-c1cc(CCl)no1. The highest BCUT2D eigenvalue weighted by Crippen LogP contribution is 2.29. The molecule has 0 N–H and O–H groups in total. The number of rotatable bonds is 2. The Morgan fingerprint density at radius 1 is 1.62 bits per heavy atom. The minimum absolute atomic E-state index is 0.397. The summed E-state index contributed by atoms with van der Waals surface area (Å²) in [4.78, 5) is 1.13. The number of aromatic nitrogens is 1. The van der Waals surface area contributed by atoms with E-state index in [1.54, 1.807) is 11.3 Å². The Hall–Kier alpha value is -0.800. The molecule has 0 aliphatic carbocycles. The molecule has 2 aromatic heterocycles. The van der Waals surface area contributed by atoms with Crippen LogP contribution in [0.3, 0.4) is 0 Å². The smallest absolute Gasteiger partial charge is 0.177 e. The zero-order valence-corrected chi connectivity index (χ0v) is 8.65. The summed E-state index contributed by atoms with van der Waals surface area (Å²) in [5.41, 5.74) is 1.99. The summed E-state index contributed by atoms with van der Waals surface area (Å²) in [6.45, 7) is 2.05. The molecule has 0 bridgehead atoms. The lowest BCUT2D eigenvalue weighted by atomic mass is 10.2. The van der Waals surface area contributed by atoms with E-state index >= 15 is 0 Å². The summed E-state index contributed by atoms with van der Waals surface area (Å²) in [6.07, 6.45) is 0. The van der Waals surface area contributed by atoms with Gasteiger partial charge in [0.25, 0.3) is 0 Å². The van der Waals surface area contributed by atoms with Crippen LogP contribution in [0, 0.1) is 6.92 Å². The number of thiophene rings is 1. The average molecular weight is 214 g/mol. The van der Waals surface area contributed by atoms with E-state index in [0.29, 0.717) is 5.88 Å². The predicted octanol–water partition coefficient (Wildman–Crippen LogP) is 3.45. The average Bonchev–Trinajstić information content (AvgIpc) is 2.71. The molecule has 0 aromatic carbocycles. The second-order valence-electron chi connectivity index (χ2n) is 2.75. The molecule has 0 atom stereocenters. The van der Waals surface area contributed by atoms with E-state index in [4.69, 9.17) is 16.1 Å². The molecule has 2 aromatic rings. The molecule has 68 valence electrons. The summed E-state index contributed by atoms with van der Waals surface area (Å²) in [6, 6.07) is 3.94. The quantitative estimate of drug-likeness (QED) is 0.715. The van der Waals surface area contributed by atoms with Crippen LogP contribution in [0.4, 0.5) is 0 Å². The first-order valence-corrected chi connectivity index (χ1v) is 5.28. The second-order valence-corrected chi connectivity index (χ2v) is 3.93. The first-order valence-electron chi connectivity index (χ1n) is 3.87. The van der Waals surface area contributed by atoms with Crippen molar-refractivity contribution in [2.45, 2.75) is 12.8 Å². The zero-order chi connectivity index (χ0) is 9.26. The van der Waals surface area contributed by atoms with Gasteiger partial charge in [-0.1, -0.05) is 5.16 Å². The standard InChI is InChI=1S/C9H8ClNOS/c1-6-2-3-13-9(6)8-4-7(5-10)11-12-8/h2-4H,5H2,1H3. The summed E-state index contributed by atoms with van der Waals surface area (Å²) in [7, 11) is 0. The molecular formula is C9H8ClNOS. The third-order valence-corrected chi connectivity index (χ3v) is 3.09. The van der Waals surface area contributed by atoms with Crippen LogP contribution in [-0.4, -0.2) is 5.16 Å². The van der Waals surface area contributed by atoms with E-state index in [-0.39, 0.29) is 0 Å². The van der Waals surface area contributed by atoms with E-state index in [0.717, 1.165) is 16.3 Å². The van der Waals surface area contributed by atoms with Gasteiger partial charge < -0.3 is 4.52 Å². The number of halogens is 1. The molecular weight excluding hydrogens is 206 g/mol. The van der Waals surface area contributed by atoms with Crippen molar-refractivity contribution in [3.05, 3.63) is 28.8 Å². The second kappa shape index (κ2) is 3.52. The van der Waals surface area contributed by atoms with Crippen molar-refractivity contribution in [3.63, 3.8) is 0 Å². The molecule has 2 nitrogen and oxygen atoms in total. The highest BCUT2D eigenvalue weighted by molar-refractivity contribution is 7.13. The largest absolute Gasteiger partial charge is 0.355 e. The van der Waals surface area contributed by atoms with Crippen molar-refractivity contribution >= 4 is 22.9 Å². The van der Waals surface area contributed by atoms with Crippen molar-refractivity contribution < 1.29 is 4.52 Å². The van der Waals surface area contributed by atoms with Gasteiger partial charge in [-0.3, -0.25) is 0 Å². The van der Waals surface area contributed by atoms with Gasteiger partial charge in [0.05, 0.1) is 16.5 Å². The van der Waals surface area contributed by atoms with Gasteiger partial charge in [-0.25, -0.2) is 0 Å². The van der Waals surface area contributed by atoms with E-state index in [9.17, 15) is 0 Å². The molecule has 4 heteroatoms. The topological polar surface area (TPSA) is 26.0 Å². The summed E-state index contributed by atoms with van der Waals surface area (Å²) < 4.78 is 5.16. The van der Waals surface area contributed by atoms with E-state index in [2.05, 4.69) is 18.1 Å². The van der Waals surface area contributed by atoms with Crippen LogP contribution >= 0.6 is 22.9 Å². The monoisotopic (exact) mass is 213 g/mol. The fourth-order valence-corrected chi connectivity index (χ4v) is 2.11. The molecule has 0 amide bonds. The Morgan fingerprint density at radius 3 is 3.00 bits per heavy atom. The van der Waals surface area contributed by atoms with Crippen LogP contribution in [0.5, 0.6) is 0 Å². The van der Waals surface area contributed by atoms with Crippen LogP contribution in [0.1, 0.15) is 11.3 Å². The maximum Gasteiger partial charge on any atom is 0.177 e. The maximum atomic E-state index is 5.62. The van der Waals surface area contributed by atoms with Crippen LogP contribution in [0.25, 0.3) is 10.6 Å². The fourth-order valence-electron chi connectivity index (χ4n) is 1.11. The molecule has 0 fully saturated rings. The van der Waals surface area contributed by atoms with Gasteiger partial charge in [-0.2, -0.15) is 0 Å². The van der Waals surface area contributed by atoms with Crippen LogP contribution in [0.15, 0.2) is 22.0 Å². The third-order valence-electron chi connectivity index (χ3n) is 1.78. The summed E-state index contributed by atoms with van der Waals surface area (Å²) >= 11 is 7.27. The Balaban J connectivity index is 2.41. The molecule has 13 heavy (non-hydrogen) atoms. The van der Waals surface area contributed by atoms with Gasteiger partial charge in [-0.05, 0) is 23.9 Å². The Labute approximate surface area is 85.1 Å². The molecule has 0 saturated carbocycles. The van der Waals surface area contributed by atoms with Gasteiger partial charge in [0.2, 0.25) is 0 Å². The van der Waals surface area contributed by atoms with Crippen molar-refractivity contribution in [3.8, 4) is 10.6 Å². The third kappa shape index (κ3) is 1.62. The van der Waals surface area contributed by atoms with E-state index in [1.807, 2.05) is 11.4 Å². The summed E-state index contributed by atoms with van der Waals surface area (Å²) in [5.74, 6) is 1.21. The molecule has 2 heterocycles. The Bertz CT molecular complexity index is 407. The Kier molecular flexibility index (Phi) is 2.38. The first kappa shape index (κ1) is 8.78. The molecule has 0 spiro atoms. The Morgan fingerprint density at radius 2 is 2.46 bits per heavy atom. The fraction of sp³-hybridized carbons (Fsp3) is 0.222. The molecule has 0 radical (unpaired) electrons. The number of nitrogens with zero attached hydrogens (tertiary/aromatic N) is 1. The lowest BCUT2D eigenvalue weighted by molar-refractivity contribution is 0.427. The van der Waals surface area contributed by atoms with Crippen LogP contribution in [-0.2, 0) is 5.88 Å². The lowest BCUT2D eigenvalue weighted by Gasteiger charge is -1.89. The number of hydrogen-bond acceptors (Lipinski definition) is 3. The van der Waals surface area contributed by atoms with Crippen LogP contribution in [0.2, 0.25) is 0 Å². The number of hydrogen-bond donors (Lipinski definition) is 0. The molecule has 0 unspecified atom stereocenters. The zero-order valence-electron chi connectivity index (χ0n) is 7.08.